The fraction of sp³-hybridized carbons (Fsp3) is 0.133. The Labute approximate surface area is 105 Å². The Morgan fingerprint density at radius 2 is 1.83 bits per heavy atom. The zero-order valence-corrected chi connectivity index (χ0v) is 9.94. The number of carbonyl (C=O) groups excluding carboxylic acids is 1. The van der Waals surface area contributed by atoms with Gasteiger partial charge in [0.2, 0.25) is 0 Å². The van der Waals surface area contributed by atoms with Crippen molar-refractivity contribution >= 4 is 17.2 Å². The molecule has 3 nitrogen and oxygen atoms in total. The molecule has 0 aliphatic rings. The molecule has 0 aliphatic carbocycles. The van der Waals surface area contributed by atoms with E-state index in [0.717, 1.165) is 35.8 Å². The minimum Gasteiger partial charge on any atom is -0.367 e. The lowest BCUT2D eigenvalue weighted by molar-refractivity contribution is 0.112. The second-order valence-corrected chi connectivity index (χ2v) is 4.41. The van der Waals surface area contributed by atoms with Crippen molar-refractivity contribution in [3.05, 3.63) is 59.5 Å². The average molecular weight is 238 g/mol. The van der Waals surface area contributed by atoms with Gasteiger partial charge in [0.1, 0.15) is 0 Å². The third-order valence-electron chi connectivity index (χ3n) is 3.33. The molecule has 1 aromatic carbocycles. The van der Waals surface area contributed by atoms with Gasteiger partial charge < -0.3 is 9.97 Å². The molecule has 2 N–H and O–H groups in total. The van der Waals surface area contributed by atoms with Gasteiger partial charge in [-0.05, 0) is 30.0 Å². The fourth-order valence-corrected chi connectivity index (χ4v) is 2.34. The lowest BCUT2D eigenvalue weighted by Gasteiger charge is -1.99. The standard InChI is InChI=1S/C15H14N2O/c18-10-13-8-16-7-11(13)5-6-12-9-17-15-4-2-1-3-14(12)15/h1-4,7-10,16-17H,5-6H2. The van der Waals surface area contributed by atoms with E-state index in [4.69, 9.17) is 0 Å². The van der Waals surface area contributed by atoms with Crippen LogP contribution < -0.4 is 0 Å². The van der Waals surface area contributed by atoms with Crippen LogP contribution in [0.15, 0.2) is 42.9 Å². The van der Waals surface area contributed by atoms with E-state index in [-0.39, 0.29) is 0 Å². The second-order valence-electron chi connectivity index (χ2n) is 4.41. The second kappa shape index (κ2) is 4.53. The van der Waals surface area contributed by atoms with Gasteiger partial charge in [0, 0.05) is 35.1 Å². The highest BCUT2D eigenvalue weighted by Gasteiger charge is 2.06. The van der Waals surface area contributed by atoms with Gasteiger partial charge >= 0.3 is 0 Å². The zero-order valence-electron chi connectivity index (χ0n) is 9.94. The van der Waals surface area contributed by atoms with E-state index >= 15 is 0 Å². The van der Waals surface area contributed by atoms with Crippen LogP contribution >= 0.6 is 0 Å². The molecule has 18 heavy (non-hydrogen) atoms. The lowest BCUT2D eigenvalue weighted by Crippen LogP contribution is -1.92. The summed E-state index contributed by atoms with van der Waals surface area (Å²) < 4.78 is 0. The summed E-state index contributed by atoms with van der Waals surface area (Å²) in [5.74, 6) is 0. The molecule has 0 unspecified atom stereocenters. The van der Waals surface area contributed by atoms with Gasteiger partial charge in [-0.2, -0.15) is 0 Å². The molecule has 0 bridgehead atoms. The third-order valence-corrected chi connectivity index (χ3v) is 3.33. The van der Waals surface area contributed by atoms with E-state index in [2.05, 4.69) is 28.3 Å². The Kier molecular flexibility index (Phi) is 2.73. The van der Waals surface area contributed by atoms with Crippen LogP contribution in [-0.2, 0) is 12.8 Å². The molecule has 0 fully saturated rings. The molecule has 0 radical (unpaired) electrons. The smallest absolute Gasteiger partial charge is 0.151 e. The molecular weight excluding hydrogens is 224 g/mol. The first-order valence-electron chi connectivity index (χ1n) is 6.04. The van der Waals surface area contributed by atoms with E-state index in [1.165, 1.54) is 10.9 Å². The Balaban J connectivity index is 1.83. The number of aromatic amines is 2. The van der Waals surface area contributed by atoms with Crippen molar-refractivity contribution in [2.45, 2.75) is 12.8 Å². The van der Waals surface area contributed by atoms with Gasteiger partial charge in [-0.15, -0.1) is 0 Å². The number of aldehydes is 1. The van der Waals surface area contributed by atoms with E-state index in [1.807, 2.05) is 18.3 Å². The normalized spacial score (nSPS) is 10.9. The molecule has 0 amide bonds. The van der Waals surface area contributed by atoms with Gasteiger partial charge in [-0.25, -0.2) is 0 Å². The van der Waals surface area contributed by atoms with Crippen molar-refractivity contribution in [1.29, 1.82) is 0 Å². The number of benzene rings is 1. The maximum Gasteiger partial charge on any atom is 0.151 e. The summed E-state index contributed by atoms with van der Waals surface area (Å²) in [6.45, 7) is 0. The number of carbonyl (C=O) groups is 1. The van der Waals surface area contributed by atoms with E-state index in [9.17, 15) is 4.79 Å². The molecule has 0 saturated carbocycles. The van der Waals surface area contributed by atoms with Gasteiger partial charge in [0.15, 0.2) is 6.29 Å². The van der Waals surface area contributed by atoms with Crippen LogP contribution in [0.25, 0.3) is 10.9 Å². The monoisotopic (exact) mass is 238 g/mol. The van der Waals surface area contributed by atoms with Crippen LogP contribution in [0.5, 0.6) is 0 Å². The minimum atomic E-state index is 0.759. The van der Waals surface area contributed by atoms with Crippen molar-refractivity contribution in [2.75, 3.05) is 0 Å². The summed E-state index contributed by atoms with van der Waals surface area (Å²) >= 11 is 0. The molecule has 2 aromatic heterocycles. The van der Waals surface area contributed by atoms with Crippen LogP contribution in [0.4, 0.5) is 0 Å². The number of para-hydroxylation sites is 1. The Morgan fingerprint density at radius 1 is 1.00 bits per heavy atom. The number of hydrogen-bond acceptors (Lipinski definition) is 1. The maximum absolute atomic E-state index is 10.8. The third kappa shape index (κ3) is 1.84. The highest BCUT2D eigenvalue weighted by atomic mass is 16.1. The first-order chi connectivity index (χ1) is 8.88. The highest BCUT2D eigenvalue weighted by Crippen LogP contribution is 2.20. The molecule has 2 heterocycles. The molecule has 3 rings (SSSR count). The highest BCUT2D eigenvalue weighted by molar-refractivity contribution is 5.83. The van der Waals surface area contributed by atoms with E-state index in [0.29, 0.717) is 0 Å². The first-order valence-corrected chi connectivity index (χ1v) is 6.04. The number of nitrogens with one attached hydrogen (secondary N) is 2. The fourth-order valence-electron chi connectivity index (χ4n) is 2.34. The zero-order chi connectivity index (χ0) is 12.4. The number of hydrogen-bond donors (Lipinski definition) is 2. The molecule has 90 valence electrons. The van der Waals surface area contributed by atoms with Gasteiger partial charge in [-0.1, -0.05) is 18.2 Å². The summed E-state index contributed by atoms with van der Waals surface area (Å²) in [5.41, 5.74) is 4.30. The van der Waals surface area contributed by atoms with Crippen molar-refractivity contribution in [3.63, 3.8) is 0 Å². The molecule has 0 saturated heterocycles. The molecule has 3 heteroatoms. The molecule has 0 aliphatic heterocycles. The minimum absolute atomic E-state index is 0.759. The molecule has 0 atom stereocenters. The van der Waals surface area contributed by atoms with Crippen molar-refractivity contribution in [1.82, 2.24) is 9.97 Å². The van der Waals surface area contributed by atoms with Crippen LogP contribution in [0, 0.1) is 0 Å². The van der Waals surface area contributed by atoms with E-state index in [1.54, 1.807) is 6.20 Å². The number of rotatable bonds is 4. The van der Waals surface area contributed by atoms with Crippen molar-refractivity contribution in [3.8, 4) is 0 Å². The lowest BCUT2D eigenvalue weighted by atomic mass is 10.0. The van der Waals surface area contributed by atoms with Crippen LogP contribution in [0.1, 0.15) is 21.5 Å². The average Bonchev–Trinajstić information content (AvgIpc) is 3.02. The predicted octanol–water partition coefficient (Wildman–Crippen LogP) is 3.09. The molecule has 3 aromatic rings. The maximum atomic E-state index is 10.8. The van der Waals surface area contributed by atoms with E-state index < -0.39 is 0 Å². The predicted molar refractivity (Wildman–Crippen MR) is 71.9 cm³/mol. The number of aromatic nitrogens is 2. The van der Waals surface area contributed by atoms with Crippen molar-refractivity contribution in [2.24, 2.45) is 0 Å². The summed E-state index contributed by atoms with van der Waals surface area (Å²) in [6, 6.07) is 8.27. The Hall–Kier alpha value is -2.29. The Morgan fingerprint density at radius 3 is 2.72 bits per heavy atom. The summed E-state index contributed by atoms with van der Waals surface area (Å²) in [4.78, 5) is 17.1. The van der Waals surface area contributed by atoms with Gasteiger partial charge in [-0.3, -0.25) is 4.79 Å². The van der Waals surface area contributed by atoms with Crippen LogP contribution in [0.3, 0.4) is 0 Å². The topological polar surface area (TPSA) is 48.6 Å². The number of fused-ring (bicyclic) bond motifs is 1. The molecular formula is C15H14N2O. The molecule has 0 spiro atoms. The van der Waals surface area contributed by atoms with Gasteiger partial charge in [0.05, 0.1) is 0 Å². The van der Waals surface area contributed by atoms with Crippen LogP contribution in [-0.4, -0.2) is 16.3 Å². The summed E-state index contributed by atoms with van der Waals surface area (Å²) in [7, 11) is 0. The quantitative estimate of drug-likeness (QED) is 0.674. The SMILES string of the molecule is O=Cc1c[nH]cc1CCc1c[nH]c2ccccc12. The van der Waals surface area contributed by atoms with Gasteiger partial charge in [0.25, 0.3) is 0 Å². The summed E-state index contributed by atoms with van der Waals surface area (Å²) in [6.07, 6.45) is 8.41. The number of aryl methyl sites for hydroxylation is 2. The first kappa shape index (κ1) is 10.8. The Bertz CT molecular complexity index is 678. The number of H-pyrrole nitrogens is 2. The summed E-state index contributed by atoms with van der Waals surface area (Å²) in [5, 5.41) is 1.26. The van der Waals surface area contributed by atoms with Crippen molar-refractivity contribution < 1.29 is 4.79 Å². The largest absolute Gasteiger partial charge is 0.367 e. The van der Waals surface area contributed by atoms with Crippen LogP contribution in [0.2, 0.25) is 0 Å².